The number of hydrogen-bond acceptors (Lipinski definition) is 4. The molecule has 2 aromatic rings. The van der Waals surface area contributed by atoms with Crippen LogP contribution in [0.5, 0.6) is 5.75 Å². The van der Waals surface area contributed by atoms with E-state index in [4.69, 9.17) is 4.74 Å². The molecule has 128 valence electrons. The largest absolute Gasteiger partial charge is 0.491 e. The van der Waals surface area contributed by atoms with E-state index >= 15 is 0 Å². The third-order valence-corrected chi connectivity index (χ3v) is 3.32. The predicted octanol–water partition coefficient (Wildman–Crippen LogP) is 1.20. The highest BCUT2D eigenvalue weighted by molar-refractivity contribution is 5.76. The lowest BCUT2D eigenvalue weighted by Crippen LogP contribution is -2.36. The second-order valence-electron chi connectivity index (χ2n) is 5.76. The molecule has 0 aliphatic heterocycles. The fourth-order valence-electron chi connectivity index (χ4n) is 2.20. The molecule has 1 amide bonds. The molecule has 0 saturated heterocycles. The zero-order valence-electron chi connectivity index (χ0n) is 13.9. The van der Waals surface area contributed by atoms with E-state index in [1.54, 1.807) is 0 Å². The molecule has 0 radical (unpaired) electrons. The van der Waals surface area contributed by atoms with Crippen LogP contribution in [0.1, 0.15) is 32.4 Å². The highest BCUT2D eigenvalue weighted by atomic mass is 16.5. The van der Waals surface area contributed by atoms with Crippen molar-refractivity contribution in [1.29, 1.82) is 0 Å². The number of benzene rings is 1. The van der Waals surface area contributed by atoms with Gasteiger partial charge in [-0.25, -0.2) is 4.68 Å². The Labute approximate surface area is 139 Å². The van der Waals surface area contributed by atoms with Gasteiger partial charge in [-0.05, 0) is 38.5 Å². The minimum absolute atomic E-state index is 0.0966. The number of H-pyrrole nitrogens is 1. The Morgan fingerprint density at radius 1 is 1.12 bits per heavy atom. The summed E-state index contributed by atoms with van der Waals surface area (Å²) < 4.78 is 6.55. The lowest BCUT2D eigenvalue weighted by molar-refractivity contribution is -0.122. The summed E-state index contributed by atoms with van der Waals surface area (Å²) in [6.07, 6.45) is 0.0966. The van der Waals surface area contributed by atoms with Gasteiger partial charge in [0.1, 0.15) is 12.3 Å². The summed E-state index contributed by atoms with van der Waals surface area (Å²) in [4.78, 5) is 34.9. The Bertz CT molecular complexity index is 806. The van der Waals surface area contributed by atoms with Gasteiger partial charge in [0.25, 0.3) is 11.1 Å². The maximum Gasteiger partial charge on any atom is 0.265 e. The molecule has 1 atom stereocenters. The molecule has 0 unspecified atom stereocenters. The van der Waals surface area contributed by atoms with Gasteiger partial charge in [0.15, 0.2) is 0 Å². The lowest BCUT2D eigenvalue weighted by atomic mass is 10.1. The zero-order valence-corrected chi connectivity index (χ0v) is 13.9. The number of nitrogens with one attached hydrogen (secondary N) is 2. The zero-order chi connectivity index (χ0) is 17.7. The highest BCUT2D eigenvalue weighted by Gasteiger charge is 2.11. The summed E-state index contributed by atoms with van der Waals surface area (Å²) in [5, 5.41) is 5.11. The van der Waals surface area contributed by atoms with Crippen molar-refractivity contribution in [2.24, 2.45) is 0 Å². The number of carbonyl (C=O) groups is 1. The summed E-state index contributed by atoms with van der Waals surface area (Å²) in [5.41, 5.74) is 0.0390. The standard InChI is InChI=1S/C17H21N3O4/c1-11(2)24-14-6-4-13(5-7-14)12(3)18-16(22)10-20-17(23)9-8-15(21)19-20/h4-9,11-12H,10H2,1-3H3,(H,18,22)(H,19,21)/t12-/m0/s1. The number of aromatic amines is 1. The molecule has 7 heteroatoms. The first kappa shape index (κ1) is 17.5. The van der Waals surface area contributed by atoms with Gasteiger partial charge in [0.05, 0.1) is 12.1 Å². The van der Waals surface area contributed by atoms with Gasteiger partial charge in [0.2, 0.25) is 5.91 Å². The van der Waals surface area contributed by atoms with Crippen molar-refractivity contribution < 1.29 is 9.53 Å². The quantitative estimate of drug-likeness (QED) is 0.832. The Kier molecular flexibility index (Phi) is 5.57. The molecule has 0 aliphatic carbocycles. The third kappa shape index (κ3) is 4.84. The van der Waals surface area contributed by atoms with Crippen LogP contribution in [0.3, 0.4) is 0 Å². The van der Waals surface area contributed by atoms with Gasteiger partial charge in [-0.15, -0.1) is 0 Å². The SMILES string of the molecule is CC(C)Oc1ccc([C@H](C)NC(=O)Cn2[nH]c(=O)ccc2=O)cc1. The lowest BCUT2D eigenvalue weighted by Gasteiger charge is -2.16. The number of aromatic nitrogens is 2. The fraction of sp³-hybridized carbons (Fsp3) is 0.353. The molecule has 7 nitrogen and oxygen atoms in total. The van der Waals surface area contributed by atoms with Crippen molar-refractivity contribution in [3.63, 3.8) is 0 Å². The van der Waals surface area contributed by atoms with E-state index in [1.165, 1.54) is 0 Å². The van der Waals surface area contributed by atoms with Crippen LogP contribution < -0.4 is 21.2 Å². The van der Waals surface area contributed by atoms with Crippen molar-refractivity contribution >= 4 is 5.91 Å². The monoisotopic (exact) mass is 331 g/mol. The van der Waals surface area contributed by atoms with Crippen LogP contribution in [-0.2, 0) is 11.3 Å². The van der Waals surface area contributed by atoms with Crippen LogP contribution in [0.15, 0.2) is 46.0 Å². The fourth-order valence-corrected chi connectivity index (χ4v) is 2.20. The molecule has 1 aromatic heterocycles. The topological polar surface area (TPSA) is 93.2 Å². The van der Waals surface area contributed by atoms with Crippen LogP contribution in [0.25, 0.3) is 0 Å². The van der Waals surface area contributed by atoms with Crippen LogP contribution in [0.4, 0.5) is 0 Å². The van der Waals surface area contributed by atoms with Crippen LogP contribution in [0.2, 0.25) is 0 Å². The Morgan fingerprint density at radius 3 is 2.42 bits per heavy atom. The summed E-state index contributed by atoms with van der Waals surface area (Å²) >= 11 is 0. The molecule has 1 aromatic carbocycles. The molecule has 0 bridgehead atoms. The molecule has 0 fully saturated rings. The normalized spacial score (nSPS) is 12.0. The number of carbonyl (C=O) groups excluding carboxylic acids is 1. The van der Waals surface area contributed by atoms with E-state index in [0.29, 0.717) is 0 Å². The molecular formula is C17H21N3O4. The molecule has 0 saturated carbocycles. The van der Waals surface area contributed by atoms with E-state index in [1.807, 2.05) is 45.0 Å². The van der Waals surface area contributed by atoms with Crippen LogP contribution in [0, 0.1) is 0 Å². The van der Waals surface area contributed by atoms with E-state index in [2.05, 4.69) is 10.4 Å². The number of hydrogen-bond donors (Lipinski definition) is 2. The molecule has 1 heterocycles. The number of nitrogens with zero attached hydrogens (tertiary/aromatic N) is 1. The third-order valence-electron chi connectivity index (χ3n) is 3.32. The smallest absolute Gasteiger partial charge is 0.265 e. The van der Waals surface area contributed by atoms with Gasteiger partial charge >= 0.3 is 0 Å². The first-order chi connectivity index (χ1) is 11.3. The minimum Gasteiger partial charge on any atom is -0.491 e. The van der Waals surface area contributed by atoms with Gasteiger partial charge in [0, 0.05) is 12.1 Å². The van der Waals surface area contributed by atoms with E-state index in [-0.39, 0.29) is 24.6 Å². The van der Waals surface area contributed by atoms with Gasteiger partial charge in [-0.2, -0.15) is 0 Å². The van der Waals surface area contributed by atoms with Crippen molar-refractivity contribution in [3.8, 4) is 5.75 Å². The molecule has 0 spiro atoms. The summed E-state index contributed by atoms with van der Waals surface area (Å²) in [6, 6.07) is 9.45. The average Bonchev–Trinajstić information content (AvgIpc) is 2.51. The summed E-state index contributed by atoms with van der Waals surface area (Å²) in [7, 11) is 0. The van der Waals surface area contributed by atoms with Crippen LogP contribution >= 0.6 is 0 Å². The minimum atomic E-state index is -0.437. The molecule has 0 aliphatic rings. The maximum atomic E-state index is 12.1. The van der Waals surface area contributed by atoms with Crippen LogP contribution in [-0.4, -0.2) is 21.8 Å². The van der Waals surface area contributed by atoms with Crippen molar-refractivity contribution in [2.75, 3.05) is 0 Å². The Hall–Kier alpha value is -2.83. The van der Waals surface area contributed by atoms with E-state index in [0.717, 1.165) is 28.1 Å². The second-order valence-corrected chi connectivity index (χ2v) is 5.76. The molecule has 2 N–H and O–H groups in total. The summed E-state index contributed by atoms with van der Waals surface area (Å²) in [6.45, 7) is 5.50. The van der Waals surface area contributed by atoms with Crippen molar-refractivity contribution in [2.45, 2.75) is 39.5 Å². The predicted molar refractivity (Wildman–Crippen MR) is 90.1 cm³/mol. The van der Waals surface area contributed by atoms with Gasteiger partial charge in [-0.1, -0.05) is 12.1 Å². The van der Waals surface area contributed by atoms with Crippen molar-refractivity contribution in [1.82, 2.24) is 15.1 Å². The Morgan fingerprint density at radius 2 is 1.79 bits per heavy atom. The highest BCUT2D eigenvalue weighted by Crippen LogP contribution is 2.18. The number of rotatable bonds is 6. The first-order valence-corrected chi connectivity index (χ1v) is 7.71. The molecule has 2 rings (SSSR count). The molecule has 24 heavy (non-hydrogen) atoms. The summed E-state index contributed by atoms with van der Waals surface area (Å²) in [5.74, 6) is 0.398. The number of ether oxygens (including phenoxy) is 1. The number of amides is 1. The second kappa shape index (κ2) is 7.63. The maximum absolute atomic E-state index is 12.1. The average molecular weight is 331 g/mol. The first-order valence-electron chi connectivity index (χ1n) is 7.71. The van der Waals surface area contributed by atoms with Gasteiger partial charge in [-0.3, -0.25) is 19.5 Å². The van der Waals surface area contributed by atoms with Gasteiger partial charge < -0.3 is 10.1 Å². The van der Waals surface area contributed by atoms with E-state index < -0.39 is 11.1 Å². The Balaban J connectivity index is 1.99. The van der Waals surface area contributed by atoms with E-state index in [9.17, 15) is 14.4 Å². The molecular weight excluding hydrogens is 310 g/mol. The van der Waals surface area contributed by atoms with Crippen molar-refractivity contribution in [3.05, 3.63) is 62.7 Å².